The molecule has 0 fully saturated rings. The smallest absolute Gasteiger partial charge is 0.137 e. The average molecular weight is 246 g/mol. The van der Waals surface area contributed by atoms with E-state index in [4.69, 9.17) is 5.73 Å². The Morgan fingerprint density at radius 3 is 2.54 bits per heavy atom. The first kappa shape index (κ1) is 10.7. The van der Waals surface area contributed by atoms with Gasteiger partial charge in [-0.05, 0) is 33.5 Å². The molecule has 1 atom stereocenters. The SMILES string of the molecule is CC(C)[C@@H](N)c1cccc(F)c1Br. The van der Waals surface area contributed by atoms with Crippen LogP contribution in [0.5, 0.6) is 0 Å². The first-order valence-corrected chi connectivity index (χ1v) is 5.03. The minimum absolute atomic E-state index is 0.120. The van der Waals surface area contributed by atoms with Crippen LogP contribution in [0.2, 0.25) is 0 Å². The summed E-state index contributed by atoms with van der Waals surface area (Å²) in [5.74, 6) is 0.0479. The lowest BCUT2D eigenvalue weighted by Gasteiger charge is -2.17. The van der Waals surface area contributed by atoms with Crippen LogP contribution in [0.1, 0.15) is 25.5 Å². The van der Waals surface area contributed by atoms with E-state index in [2.05, 4.69) is 15.9 Å². The molecular weight excluding hydrogens is 233 g/mol. The second-order valence-corrected chi connectivity index (χ2v) is 4.21. The van der Waals surface area contributed by atoms with Crippen molar-refractivity contribution in [2.75, 3.05) is 0 Å². The van der Waals surface area contributed by atoms with Crippen LogP contribution in [0.15, 0.2) is 22.7 Å². The molecule has 0 amide bonds. The normalized spacial score (nSPS) is 13.4. The van der Waals surface area contributed by atoms with Crippen LogP contribution in [-0.4, -0.2) is 0 Å². The molecule has 1 rings (SSSR count). The molecule has 0 aliphatic rings. The van der Waals surface area contributed by atoms with E-state index in [1.54, 1.807) is 6.07 Å². The summed E-state index contributed by atoms with van der Waals surface area (Å²) in [6.07, 6.45) is 0. The van der Waals surface area contributed by atoms with Gasteiger partial charge in [0.2, 0.25) is 0 Å². The maximum absolute atomic E-state index is 13.1. The Balaban J connectivity index is 3.07. The molecule has 3 heteroatoms. The van der Waals surface area contributed by atoms with Gasteiger partial charge in [-0.15, -0.1) is 0 Å². The van der Waals surface area contributed by atoms with Gasteiger partial charge in [0, 0.05) is 6.04 Å². The quantitative estimate of drug-likeness (QED) is 0.851. The zero-order chi connectivity index (χ0) is 10.0. The first-order valence-electron chi connectivity index (χ1n) is 4.23. The Bertz CT molecular complexity index is 299. The van der Waals surface area contributed by atoms with E-state index in [-0.39, 0.29) is 11.9 Å². The number of benzene rings is 1. The first-order chi connectivity index (χ1) is 6.04. The van der Waals surface area contributed by atoms with Crippen molar-refractivity contribution in [1.82, 2.24) is 0 Å². The van der Waals surface area contributed by atoms with E-state index in [9.17, 15) is 4.39 Å². The van der Waals surface area contributed by atoms with Crippen molar-refractivity contribution in [2.45, 2.75) is 19.9 Å². The highest BCUT2D eigenvalue weighted by atomic mass is 79.9. The molecule has 0 aromatic heterocycles. The molecule has 0 heterocycles. The van der Waals surface area contributed by atoms with Gasteiger partial charge in [0.1, 0.15) is 5.82 Å². The van der Waals surface area contributed by atoms with Crippen LogP contribution in [-0.2, 0) is 0 Å². The Hall–Kier alpha value is -0.410. The summed E-state index contributed by atoms with van der Waals surface area (Å²) in [6.45, 7) is 4.03. The van der Waals surface area contributed by atoms with E-state index in [0.29, 0.717) is 10.4 Å². The van der Waals surface area contributed by atoms with Crippen molar-refractivity contribution < 1.29 is 4.39 Å². The molecule has 0 saturated carbocycles. The van der Waals surface area contributed by atoms with E-state index in [1.165, 1.54) is 6.07 Å². The van der Waals surface area contributed by atoms with Crippen LogP contribution < -0.4 is 5.73 Å². The monoisotopic (exact) mass is 245 g/mol. The Morgan fingerprint density at radius 2 is 2.00 bits per heavy atom. The molecule has 0 radical (unpaired) electrons. The minimum Gasteiger partial charge on any atom is -0.324 e. The minimum atomic E-state index is -0.256. The van der Waals surface area contributed by atoms with Crippen LogP contribution >= 0.6 is 15.9 Å². The van der Waals surface area contributed by atoms with E-state index in [1.807, 2.05) is 19.9 Å². The summed E-state index contributed by atoms with van der Waals surface area (Å²) >= 11 is 3.19. The molecule has 13 heavy (non-hydrogen) atoms. The van der Waals surface area contributed by atoms with Crippen molar-refractivity contribution in [2.24, 2.45) is 11.7 Å². The maximum atomic E-state index is 13.1. The summed E-state index contributed by atoms with van der Waals surface area (Å²) in [5.41, 5.74) is 6.74. The van der Waals surface area contributed by atoms with Gasteiger partial charge in [0.05, 0.1) is 4.47 Å². The van der Waals surface area contributed by atoms with Gasteiger partial charge in [-0.1, -0.05) is 26.0 Å². The van der Waals surface area contributed by atoms with Gasteiger partial charge in [0.25, 0.3) is 0 Å². The fourth-order valence-corrected chi connectivity index (χ4v) is 1.67. The van der Waals surface area contributed by atoms with Crippen molar-refractivity contribution in [3.63, 3.8) is 0 Å². The summed E-state index contributed by atoms with van der Waals surface area (Å²) in [6, 6.07) is 4.82. The molecule has 0 bridgehead atoms. The zero-order valence-electron chi connectivity index (χ0n) is 7.72. The predicted molar refractivity (Wildman–Crippen MR) is 55.9 cm³/mol. The molecule has 72 valence electrons. The topological polar surface area (TPSA) is 26.0 Å². The Morgan fingerprint density at radius 1 is 1.38 bits per heavy atom. The molecule has 0 spiro atoms. The maximum Gasteiger partial charge on any atom is 0.137 e. The van der Waals surface area contributed by atoms with Gasteiger partial charge in [0.15, 0.2) is 0 Å². The number of hydrogen-bond donors (Lipinski definition) is 1. The van der Waals surface area contributed by atoms with Gasteiger partial charge in [-0.25, -0.2) is 4.39 Å². The van der Waals surface area contributed by atoms with Gasteiger partial charge in [-0.2, -0.15) is 0 Å². The second-order valence-electron chi connectivity index (χ2n) is 3.41. The predicted octanol–water partition coefficient (Wildman–Crippen LogP) is 3.24. The van der Waals surface area contributed by atoms with Crippen LogP contribution in [0.3, 0.4) is 0 Å². The highest BCUT2D eigenvalue weighted by Gasteiger charge is 2.15. The molecule has 1 aromatic rings. The van der Waals surface area contributed by atoms with Crippen molar-refractivity contribution >= 4 is 15.9 Å². The molecule has 0 aliphatic carbocycles. The van der Waals surface area contributed by atoms with Gasteiger partial charge >= 0.3 is 0 Å². The molecule has 1 nitrogen and oxygen atoms in total. The van der Waals surface area contributed by atoms with Crippen molar-refractivity contribution in [3.8, 4) is 0 Å². The third-order valence-corrected chi connectivity index (χ3v) is 2.90. The lowest BCUT2D eigenvalue weighted by Crippen LogP contribution is -2.17. The molecule has 1 aromatic carbocycles. The summed E-state index contributed by atoms with van der Waals surface area (Å²) < 4.78 is 13.6. The van der Waals surface area contributed by atoms with E-state index >= 15 is 0 Å². The van der Waals surface area contributed by atoms with Crippen LogP contribution in [0, 0.1) is 11.7 Å². The van der Waals surface area contributed by atoms with Crippen molar-refractivity contribution in [3.05, 3.63) is 34.1 Å². The number of rotatable bonds is 2. The lowest BCUT2D eigenvalue weighted by atomic mass is 9.97. The average Bonchev–Trinajstić information content (AvgIpc) is 2.08. The number of halogens is 2. The van der Waals surface area contributed by atoms with E-state index < -0.39 is 0 Å². The molecule has 0 saturated heterocycles. The number of hydrogen-bond acceptors (Lipinski definition) is 1. The third-order valence-electron chi connectivity index (χ3n) is 2.06. The standard InChI is InChI=1S/C10H13BrFN/c1-6(2)10(13)7-4-3-5-8(12)9(7)11/h3-6,10H,13H2,1-2H3/t10-/m1/s1. The fraction of sp³-hybridized carbons (Fsp3) is 0.400. The number of nitrogens with two attached hydrogens (primary N) is 1. The van der Waals surface area contributed by atoms with E-state index in [0.717, 1.165) is 5.56 Å². The van der Waals surface area contributed by atoms with Crippen LogP contribution in [0.25, 0.3) is 0 Å². The fourth-order valence-electron chi connectivity index (χ4n) is 1.14. The summed E-state index contributed by atoms with van der Waals surface area (Å²) in [5, 5.41) is 0. The van der Waals surface area contributed by atoms with Gasteiger partial charge in [-0.3, -0.25) is 0 Å². The Kier molecular flexibility index (Phi) is 3.45. The summed E-state index contributed by atoms with van der Waals surface area (Å²) in [7, 11) is 0. The molecular formula is C10H13BrFN. The third kappa shape index (κ3) is 2.29. The lowest BCUT2D eigenvalue weighted by molar-refractivity contribution is 0.507. The highest BCUT2D eigenvalue weighted by Crippen LogP contribution is 2.28. The van der Waals surface area contributed by atoms with Crippen molar-refractivity contribution in [1.29, 1.82) is 0 Å². The zero-order valence-corrected chi connectivity index (χ0v) is 9.31. The molecule has 2 N–H and O–H groups in total. The second kappa shape index (κ2) is 4.20. The molecule has 0 aliphatic heterocycles. The molecule has 0 unspecified atom stereocenters. The Labute approximate surface area is 86.3 Å². The largest absolute Gasteiger partial charge is 0.324 e. The highest BCUT2D eigenvalue weighted by molar-refractivity contribution is 9.10. The van der Waals surface area contributed by atoms with Gasteiger partial charge < -0.3 is 5.73 Å². The summed E-state index contributed by atoms with van der Waals surface area (Å²) in [4.78, 5) is 0. The van der Waals surface area contributed by atoms with Crippen LogP contribution in [0.4, 0.5) is 4.39 Å².